The molecule has 2 heterocycles. The number of aromatic nitrogens is 6. The van der Waals surface area contributed by atoms with Crippen molar-refractivity contribution in [2.75, 3.05) is 0 Å². The predicted octanol–water partition coefficient (Wildman–Crippen LogP) is 1.53. The zero-order chi connectivity index (χ0) is 14.8. The van der Waals surface area contributed by atoms with Crippen LogP contribution in [0.3, 0.4) is 0 Å². The van der Waals surface area contributed by atoms with E-state index in [-0.39, 0.29) is 0 Å². The van der Waals surface area contributed by atoms with E-state index >= 15 is 0 Å². The molecule has 0 bridgehead atoms. The van der Waals surface area contributed by atoms with Gasteiger partial charge in [-0.2, -0.15) is 5.10 Å². The Kier molecular flexibility index (Phi) is 4.16. The van der Waals surface area contributed by atoms with Gasteiger partial charge in [-0.15, -0.1) is 10.2 Å². The van der Waals surface area contributed by atoms with Crippen molar-refractivity contribution in [3.8, 4) is 0 Å². The third-order valence-electron chi connectivity index (χ3n) is 3.67. The van der Waals surface area contributed by atoms with Gasteiger partial charge >= 0.3 is 0 Å². The van der Waals surface area contributed by atoms with Crippen molar-refractivity contribution >= 4 is 11.8 Å². The van der Waals surface area contributed by atoms with Crippen molar-refractivity contribution in [1.29, 1.82) is 0 Å². The topological polar surface area (TPSA) is 95.4 Å². The Morgan fingerprint density at radius 3 is 2.57 bits per heavy atom. The first-order chi connectivity index (χ1) is 10.3. The van der Waals surface area contributed by atoms with Gasteiger partial charge in [-0.1, -0.05) is 13.8 Å². The van der Waals surface area contributed by atoms with Crippen LogP contribution < -0.4 is 5.73 Å². The number of aryl methyl sites for hydroxylation is 1. The van der Waals surface area contributed by atoms with Crippen molar-refractivity contribution in [3.05, 3.63) is 16.8 Å². The first-order valence-electron chi connectivity index (χ1n) is 7.31. The van der Waals surface area contributed by atoms with Crippen LogP contribution in [0, 0.1) is 0 Å². The zero-order valence-electron chi connectivity index (χ0n) is 12.3. The summed E-state index contributed by atoms with van der Waals surface area (Å²) in [7, 11) is 0. The molecule has 0 aliphatic heterocycles. The number of hydrogen-bond acceptors (Lipinski definition) is 7. The quantitative estimate of drug-likeness (QED) is 0.864. The summed E-state index contributed by atoms with van der Waals surface area (Å²) in [6, 6.07) is 0.442. The van der Waals surface area contributed by atoms with Crippen LogP contribution in [0.15, 0.2) is 10.2 Å². The molecule has 7 nitrogen and oxygen atoms in total. The Morgan fingerprint density at radius 2 is 1.95 bits per heavy atom. The van der Waals surface area contributed by atoms with Gasteiger partial charge in [0.25, 0.3) is 0 Å². The van der Waals surface area contributed by atoms with Gasteiger partial charge in [-0.25, -0.2) is 4.68 Å². The van der Waals surface area contributed by atoms with Crippen LogP contribution in [0.2, 0.25) is 0 Å². The summed E-state index contributed by atoms with van der Waals surface area (Å²) < 4.78 is 1.88. The minimum absolute atomic E-state index is 0.442. The summed E-state index contributed by atoms with van der Waals surface area (Å²) in [5, 5.41) is 22.2. The van der Waals surface area contributed by atoms with E-state index in [2.05, 4.69) is 39.6 Å². The molecule has 0 atom stereocenters. The van der Waals surface area contributed by atoms with E-state index < -0.39 is 0 Å². The van der Waals surface area contributed by atoms with E-state index in [1.165, 1.54) is 17.3 Å². The molecule has 112 valence electrons. The average Bonchev–Trinajstić information content (AvgIpc) is 3.26. The molecule has 1 aliphatic rings. The second kappa shape index (κ2) is 6.07. The molecule has 3 rings (SSSR count). The molecule has 8 heteroatoms. The summed E-state index contributed by atoms with van der Waals surface area (Å²) in [4.78, 5) is 0. The summed E-state index contributed by atoms with van der Waals surface area (Å²) in [6.07, 6.45) is 4.06. The van der Waals surface area contributed by atoms with Crippen LogP contribution >= 0.6 is 11.8 Å². The zero-order valence-corrected chi connectivity index (χ0v) is 13.1. The second-order valence-corrected chi connectivity index (χ2v) is 6.02. The van der Waals surface area contributed by atoms with Gasteiger partial charge in [0, 0.05) is 12.1 Å². The maximum Gasteiger partial charge on any atom is 0.215 e. The number of nitrogens with two attached hydrogens (primary N) is 1. The maximum atomic E-state index is 5.95. The highest BCUT2D eigenvalue weighted by molar-refractivity contribution is 7.99. The van der Waals surface area contributed by atoms with Gasteiger partial charge in [0.15, 0.2) is 0 Å². The molecule has 0 unspecified atom stereocenters. The lowest BCUT2D eigenvalue weighted by atomic mass is 10.0. The average molecular weight is 305 g/mol. The van der Waals surface area contributed by atoms with Gasteiger partial charge in [0.2, 0.25) is 5.16 Å². The van der Waals surface area contributed by atoms with Crippen LogP contribution in [0.4, 0.5) is 0 Å². The molecular formula is C13H19N7S. The number of nitrogens with zero attached hydrogens (tertiary/aromatic N) is 6. The van der Waals surface area contributed by atoms with Crippen LogP contribution in [0.1, 0.15) is 49.6 Å². The SMILES string of the molecule is CCc1nnc(Sc2nnnn2C2CC2)c(CN)c1CC. The number of hydrogen-bond donors (Lipinski definition) is 1. The monoisotopic (exact) mass is 305 g/mol. The molecular weight excluding hydrogens is 286 g/mol. The third kappa shape index (κ3) is 2.77. The smallest absolute Gasteiger partial charge is 0.215 e. The Bertz CT molecular complexity index is 635. The minimum Gasteiger partial charge on any atom is -0.326 e. The molecule has 2 aromatic rings. The standard InChI is InChI=1S/C13H19N7S/c1-3-9-10(7-14)12(16-15-11(9)4-2)21-13-17-18-19-20(13)8-5-6-8/h8H,3-7,14H2,1-2H3. The lowest BCUT2D eigenvalue weighted by Crippen LogP contribution is -2.11. The highest BCUT2D eigenvalue weighted by atomic mass is 32.2. The Balaban J connectivity index is 1.96. The van der Waals surface area contributed by atoms with Gasteiger partial charge in [0.1, 0.15) is 5.03 Å². The molecule has 1 aliphatic carbocycles. The Labute approximate surface area is 127 Å². The van der Waals surface area contributed by atoms with E-state index in [9.17, 15) is 0 Å². The Morgan fingerprint density at radius 1 is 1.14 bits per heavy atom. The van der Waals surface area contributed by atoms with Gasteiger partial charge in [-0.05, 0) is 53.4 Å². The number of tetrazole rings is 1. The molecule has 0 radical (unpaired) electrons. The summed E-state index contributed by atoms with van der Waals surface area (Å²) in [6.45, 7) is 4.67. The molecule has 0 aromatic carbocycles. The van der Waals surface area contributed by atoms with Crippen LogP contribution in [0.5, 0.6) is 0 Å². The predicted molar refractivity (Wildman–Crippen MR) is 78.9 cm³/mol. The summed E-state index contributed by atoms with van der Waals surface area (Å²) >= 11 is 1.46. The lowest BCUT2D eigenvalue weighted by molar-refractivity contribution is 0.565. The fourth-order valence-electron chi connectivity index (χ4n) is 2.41. The van der Waals surface area contributed by atoms with Crippen molar-refractivity contribution in [2.45, 2.75) is 62.3 Å². The summed E-state index contributed by atoms with van der Waals surface area (Å²) in [5.41, 5.74) is 9.26. The number of rotatable bonds is 6. The van der Waals surface area contributed by atoms with E-state index in [4.69, 9.17) is 5.73 Å². The van der Waals surface area contributed by atoms with Gasteiger partial charge in [-0.3, -0.25) is 0 Å². The van der Waals surface area contributed by atoms with E-state index in [1.807, 2.05) is 4.68 Å². The molecule has 1 fully saturated rings. The third-order valence-corrected chi connectivity index (χ3v) is 4.64. The van der Waals surface area contributed by atoms with Crippen LogP contribution in [0.25, 0.3) is 0 Å². The second-order valence-electron chi connectivity index (χ2n) is 5.06. The molecule has 21 heavy (non-hydrogen) atoms. The molecule has 1 saturated carbocycles. The maximum absolute atomic E-state index is 5.95. The molecule has 0 spiro atoms. The van der Waals surface area contributed by atoms with Crippen molar-refractivity contribution < 1.29 is 0 Å². The fraction of sp³-hybridized carbons (Fsp3) is 0.615. The molecule has 2 aromatic heterocycles. The summed E-state index contributed by atoms with van der Waals surface area (Å²) in [5.74, 6) is 0. The van der Waals surface area contributed by atoms with Crippen molar-refractivity contribution in [3.63, 3.8) is 0 Å². The van der Waals surface area contributed by atoms with E-state index in [0.29, 0.717) is 12.6 Å². The molecule has 2 N–H and O–H groups in total. The van der Waals surface area contributed by atoms with Gasteiger partial charge in [0.05, 0.1) is 11.7 Å². The highest BCUT2D eigenvalue weighted by Crippen LogP contribution is 2.38. The first kappa shape index (κ1) is 14.4. The van der Waals surface area contributed by atoms with Crippen molar-refractivity contribution in [2.24, 2.45) is 5.73 Å². The van der Waals surface area contributed by atoms with Gasteiger partial charge < -0.3 is 5.73 Å². The highest BCUT2D eigenvalue weighted by Gasteiger charge is 2.28. The van der Waals surface area contributed by atoms with E-state index in [0.717, 1.165) is 47.1 Å². The van der Waals surface area contributed by atoms with E-state index in [1.54, 1.807) is 0 Å². The minimum atomic E-state index is 0.442. The molecule has 0 saturated heterocycles. The van der Waals surface area contributed by atoms with Crippen molar-refractivity contribution in [1.82, 2.24) is 30.4 Å². The normalized spacial score (nSPS) is 14.6. The largest absolute Gasteiger partial charge is 0.326 e. The van der Waals surface area contributed by atoms with Crippen LogP contribution in [-0.2, 0) is 19.4 Å². The Hall–Kier alpha value is -1.54. The fourth-order valence-corrected chi connectivity index (χ4v) is 3.35. The lowest BCUT2D eigenvalue weighted by Gasteiger charge is -2.13. The van der Waals surface area contributed by atoms with Crippen LogP contribution in [-0.4, -0.2) is 30.4 Å². The molecule has 0 amide bonds. The first-order valence-corrected chi connectivity index (χ1v) is 8.13.